The summed E-state index contributed by atoms with van der Waals surface area (Å²) in [5, 5.41) is 10.7. The highest BCUT2D eigenvalue weighted by Gasteiger charge is 2.23. The highest BCUT2D eigenvalue weighted by molar-refractivity contribution is 9.10. The molecule has 1 aromatic heterocycles. The van der Waals surface area contributed by atoms with Crippen molar-refractivity contribution in [2.75, 3.05) is 0 Å². The number of Topliss-reactive ketones (excluding diaryl/α,β-unsaturated/α-hetero) is 1. The Morgan fingerprint density at radius 2 is 2.21 bits per heavy atom. The standard InChI is InChI=1S/C8H7BrN2O3/c1-4-6(9)3-10-7(5(2)12)8(4)11(13)14/h3H,1-2H3. The minimum absolute atomic E-state index is 0.101. The third-order valence-electron chi connectivity index (χ3n) is 1.76. The molecule has 1 aromatic rings. The van der Waals surface area contributed by atoms with Crippen LogP contribution in [0.5, 0.6) is 0 Å². The van der Waals surface area contributed by atoms with Crippen LogP contribution in [0.2, 0.25) is 0 Å². The molecule has 0 aliphatic carbocycles. The summed E-state index contributed by atoms with van der Waals surface area (Å²) in [5.41, 5.74) is 0.0813. The van der Waals surface area contributed by atoms with Gasteiger partial charge in [-0.05, 0) is 22.9 Å². The fraction of sp³-hybridized carbons (Fsp3) is 0.250. The number of rotatable bonds is 2. The first-order valence-electron chi connectivity index (χ1n) is 3.75. The Labute approximate surface area is 88.4 Å². The van der Waals surface area contributed by atoms with Gasteiger partial charge in [-0.1, -0.05) is 0 Å². The Morgan fingerprint density at radius 3 is 2.64 bits per heavy atom. The van der Waals surface area contributed by atoms with Gasteiger partial charge in [0.2, 0.25) is 0 Å². The Balaban J connectivity index is 3.53. The molecule has 14 heavy (non-hydrogen) atoms. The van der Waals surface area contributed by atoms with E-state index in [-0.39, 0.29) is 11.4 Å². The molecule has 0 fully saturated rings. The van der Waals surface area contributed by atoms with Gasteiger partial charge in [0.1, 0.15) is 0 Å². The van der Waals surface area contributed by atoms with Crippen molar-refractivity contribution in [3.8, 4) is 0 Å². The van der Waals surface area contributed by atoms with E-state index in [2.05, 4.69) is 20.9 Å². The third kappa shape index (κ3) is 1.79. The summed E-state index contributed by atoms with van der Waals surface area (Å²) in [5.74, 6) is -0.410. The van der Waals surface area contributed by atoms with Crippen molar-refractivity contribution in [1.29, 1.82) is 0 Å². The number of aromatic nitrogens is 1. The lowest BCUT2D eigenvalue weighted by Gasteiger charge is -2.02. The van der Waals surface area contributed by atoms with E-state index in [1.807, 2.05) is 0 Å². The predicted octanol–water partition coefficient (Wildman–Crippen LogP) is 2.26. The van der Waals surface area contributed by atoms with Crippen LogP contribution >= 0.6 is 15.9 Å². The topological polar surface area (TPSA) is 73.1 Å². The van der Waals surface area contributed by atoms with Gasteiger partial charge < -0.3 is 0 Å². The van der Waals surface area contributed by atoms with Crippen molar-refractivity contribution in [3.05, 3.63) is 32.0 Å². The Bertz CT molecular complexity index is 417. The molecule has 1 heterocycles. The van der Waals surface area contributed by atoms with Crippen LogP contribution in [-0.2, 0) is 0 Å². The number of carbonyl (C=O) groups is 1. The van der Waals surface area contributed by atoms with Crippen molar-refractivity contribution in [2.45, 2.75) is 13.8 Å². The molecule has 0 aromatic carbocycles. The van der Waals surface area contributed by atoms with Gasteiger partial charge in [0.25, 0.3) is 0 Å². The molecule has 0 aliphatic heterocycles. The first-order chi connectivity index (χ1) is 6.45. The second-order valence-electron chi connectivity index (χ2n) is 2.74. The average Bonchev–Trinajstić information content (AvgIpc) is 2.08. The minimum Gasteiger partial charge on any atom is -0.292 e. The number of carbonyl (C=O) groups excluding carboxylic acids is 1. The van der Waals surface area contributed by atoms with Crippen molar-refractivity contribution in [3.63, 3.8) is 0 Å². The summed E-state index contributed by atoms with van der Waals surface area (Å²) >= 11 is 3.12. The zero-order chi connectivity index (χ0) is 10.9. The Kier molecular flexibility index (Phi) is 2.95. The molecule has 0 amide bonds. The van der Waals surface area contributed by atoms with Crippen molar-refractivity contribution in [1.82, 2.24) is 4.98 Å². The van der Waals surface area contributed by atoms with E-state index in [0.717, 1.165) is 0 Å². The minimum atomic E-state index is -0.593. The van der Waals surface area contributed by atoms with Crippen LogP contribution in [0.15, 0.2) is 10.7 Å². The second kappa shape index (κ2) is 3.83. The number of nitrogens with zero attached hydrogens (tertiary/aromatic N) is 2. The van der Waals surface area contributed by atoms with Crippen LogP contribution in [-0.4, -0.2) is 15.7 Å². The van der Waals surface area contributed by atoms with Crippen LogP contribution in [0.3, 0.4) is 0 Å². The molecular weight excluding hydrogens is 252 g/mol. The fourth-order valence-electron chi connectivity index (χ4n) is 1.05. The first-order valence-corrected chi connectivity index (χ1v) is 4.55. The molecule has 0 aliphatic rings. The molecule has 1 rings (SSSR count). The number of ketones is 1. The maximum Gasteiger partial charge on any atom is 0.302 e. The average molecular weight is 259 g/mol. The number of hydrogen-bond acceptors (Lipinski definition) is 4. The summed E-state index contributed by atoms with van der Waals surface area (Å²) in [4.78, 5) is 24.9. The van der Waals surface area contributed by atoms with Gasteiger partial charge in [-0.15, -0.1) is 0 Å². The zero-order valence-corrected chi connectivity index (χ0v) is 9.16. The van der Waals surface area contributed by atoms with Crippen LogP contribution in [0.4, 0.5) is 5.69 Å². The summed E-state index contributed by atoms with van der Waals surface area (Å²) in [6, 6.07) is 0. The summed E-state index contributed by atoms with van der Waals surface area (Å²) in [6.07, 6.45) is 1.39. The van der Waals surface area contributed by atoms with Gasteiger partial charge in [0.05, 0.1) is 4.92 Å². The largest absolute Gasteiger partial charge is 0.302 e. The van der Waals surface area contributed by atoms with Crippen molar-refractivity contribution < 1.29 is 9.72 Å². The highest BCUT2D eigenvalue weighted by atomic mass is 79.9. The fourth-order valence-corrected chi connectivity index (χ4v) is 1.34. The molecule has 74 valence electrons. The Hall–Kier alpha value is -1.30. The first kappa shape index (κ1) is 10.8. The van der Waals surface area contributed by atoms with Crippen LogP contribution in [0, 0.1) is 17.0 Å². The van der Waals surface area contributed by atoms with E-state index in [4.69, 9.17) is 0 Å². The lowest BCUT2D eigenvalue weighted by Crippen LogP contribution is -2.05. The van der Waals surface area contributed by atoms with Crippen LogP contribution in [0.1, 0.15) is 23.0 Å². The van der Waals surface area contributed by atoms with E-state index in [9.17, 15) is 14.9 Å². The third-order valence-corrected chi connectivity index (χ3v) is 2.56. The number of halogens is 1. The quantitative estimate of drug-likeness (QED) is 0.464. The van der Waals surface area contributed by atoms with Gasteiger partial charge >= 0.3 is 5.69 Å². The van der Waals surface area contributed by atoms with E-state index in [1.54, 1.807) is 6.92 Å². The molecule has 0 saturated heterocycles. The SMILES string of the molecule is CC(=O)c1ncc(Br)c(C)c1[N+](=O)[O-]. The molecule has 0 N–H and O–H groups in total. The maximum atomic E-state index is 11.1. The van der Waals surface area contributed by atoms with E-state index >= 15 is 0 Å². The molecule has 0 radical (unpaired) electrons. The molecule has 0 unspecified atom stereocenters. The number of nitro groups is 1. The smallest absolute Gasteiger partial charge is 0.292 e. The van der Waals surface area contributed by atoms with Crippen LogP contribution in [0.25, 0.3) is 0 Å². The molecule has 0 spiro atoms. The second-order valence-corrected chi connectivity index (χ2v) is 3.60. The molecule has 6 heteroatoms. The summed E-state index contributed by atoms with van der Waals surface area (Å²) in [6.45, 7) is 2.82. The normalized spacial score (nSPS) is 9.93. The summed E-state index contributed by atoms with van der Waals surface area (Å²) < 4.78 is 0.522. The van der Waals surface area contributed by atoms with E-state index in [1.165, 1.54) is 13.1 Å². The maximum absolute atomic E-state index is 11.1. The van der Waals surface area contributed by atoms with Crippen molar-refractivity contribution in [2.24, 2.45) is 0 Å². The lowest BCUT2D eigenvalue weighted by atomic mass is 10.1. The van der Waals surface area contributed by atoms with Crippen molar-refractivity contribution >= 4 is 27.4 Å². The zero-order valence-electron chi connectivity index (χ0n) is 7.57. The van der Waals surface area contributed by atoms with Gasteiger partial charge in [-0.2, -0.15) is 0 Å². The number of hydrogen-bond donors (Lipinski definition) is 0. The van der Waals surface area contributed by atoms with Gasteiger partial charge in [0, 0.05) is 23.2 Å². The van der Waals surface area contributed by atoms with E-state index in [0.29, 0.717) is 10.0 Å². The predicted molar refractivity (Wildman–Crippen MR) is 53.3 cm³/mol. The summed E-state index contributed by atoms with van der Waals surface area (Å²) in [7, 11) is 0. The van der Waals surface area contributed by atoms with Gasteiger partial charge in [-0.25, -0.2) is 4.98 Å². The monoisotopic (exact) mass is 258 g/mol. The Morgan fingerprint density at radius 1 is 1.64 bits per heavy atom. The van der Waals surface area contributed by atoms with E-state index < -0.39 is 10.7 Å². The molecule has 0 atom stereocenters. The van der Waals surface area contributed by atoms with Crippen LogP contribution < -0.4 is 0 Å². The van der Waals surface area contributed by atoms with Gasteiger partial charge in [0.15, 0.2) is 11.5 Å². The molecule has 5 nitrogen and oxygen atoms in total. The molecular formula is C8H7BrN2O3. The van der Waals surface area contributed by atoms with Gasteiger partial charge in [-0.3, -0.25) is 14.9 Å². The highest BCUT2D eigenvalue weighted by Crippen LogP contribution is 2.27. The molecule has 0 saturated carbocycles. The molecule has 0 bridgehead atoms. The number of pyridine rings is 1. The lowest BCUT2D eigenvalue weighted by molar-refractivity contribution is -0.386.